The number of rotatable bonds is 6. The van der Waals surface area contributed by atoms with E-state index in [2.05, 4.69) is 229 Å². The van der Waals surface area contributed by atoms with Crippen molar-refractivity contribution in [2.24, 2.45) is 0 Å². The molecule has 0 aromatic heterocycles. The van der Waals surface area contributed by atoms with Crippen molar-refractivity contribution in [2.75, 3.05) is 4.90 Å². The van der Waals surface area contributed by atoms with Crippen LogP contribution in [0.3, 0.4) is 0 Å². The Balaban J connectivity index is 1.12. The summed E-state index contributed by atoms with van der Waals surface area (Å²) < 4.78 is 0. The molecule has 0 amide bonds. The molecule has 11 aromatic rings. The maximum Gasteiger partial charge on any atom is 0.0546 e. The number of hydrogen-bond donors (Lipinski definition) is 0. The largest absolute Gasteiger partial charge is 0.310 e. The molecular formula is C56H37N. The van der Waals surface area contributed by atoms with Gasteiger partial charge in [-0.25, -0.2) is 0 Å². The molecule has 1 nitrogen and oxygen atoms in total. The lowest BCUT2D eigenvalue weighted by atomic mass is 9.93. The Morgan fingerprint density at radius 1 is 0.228 bits per heavy atom. The highest BCUT2D eigenvalue weighted by atomic mass is 15.1. The van der Waals surface area contributed by atoms with Gasteiger partial charge in [-0.1, -0.05) is 182 Å². The molecule has 0 fully saturated rings. The molecule has 0 radical (unpaired) electrons. The lowest BCUT2D eigenvalue weighted by molar-refractivity contribution is 1.30. The van der Waals surface area contributed by atoms with Gasteiger partial charge in [0.05, 0.1) is 5.69 Å². The Labute approximate surface area is 332 Å². The van der Waals surface area contributed by atoms with Gasteiger partial charge in [0.25, 0.3) is 0 Å². The molecule has 1 heteroatoms. The van der Waals surface area contributed by atoms with Crippen LogP contribution in [0.4, 0.5) is 17.1 Å². The van der Waals surface area contributed by atoms with Crippen molar-refractivity contribution in [2.45, 2.75) is 0 Å². The van der Waals surface area contributed by atoms with Gasteiger partial charge in [0.1, 0.15) is 0 Å². The van der Waals surface area contributed by atoms with Gasteiger partial charge >= 0.3 is 0 Å². The number of anilines is 3. The Morgan fingerprint density at radius 2 is 0.719 bits per heavy atom. The SMILES string of the molecule is c1ccc(-c2cc(-c3ccccc3)cc(N(c3ccc(-c4ccc5ccc6ccc7ccccc7c6c5c4)cc3)c3cc4ccccc4c4ccccc34)c2)cc1. The van der Waals surface area contributed by atoms with Gasteiger partial charge in [0.2, 0.25) is 0 Å². The molecule has 11 aromatic carbocycles. The zero-order valence-corrected chi connectivity index (χ0v) is 31.3. The fourth-order valence-electron chi connectivity index (χ4n) is 8.79. The number of hydrogen-bond acceptors (Lipinski definition) is 1. The number of benzene rings is 11. The van der Waals surface area contributed by atoms with E-state index in [-0.39, 0.29) is 0 Å². The van der Waals surface area contributed by atoms with E-state index in [0.717, 1.165) is 17.1 Å². The van der Waals surface area contributed by atoms with E-state index in [9.17, 15) is 0 Å². The molecular weight excluding hydrogens is 687 g/mol. The zero-order chi connectivity index (χ0) is 37.7. The second-order valence-electron chi connectivity index (χ2n) is 14.9. The van der Waals surface area contributed by atoms with Gasteiger partial charge in [-0.2, -0.15) is 0 Å². The van der Waals surface area contributed by atoms with E-state index in [4.69, 9.17) is 0 Å². The van der Waals surface area contributed by atoms with E-state index < -0.39 is 0 Å². The minimum Gasteiger partial charge on any atom is -0.310 e. The van der Waals surface area contributed by atoms with Crippen molar-refractivity contribution < 1.29 is 0 Å². The molecule has 266 valence electrons. The summed E-state index contributed by atoms with van der Waals surface area (Å²) in [5.74, 6) is 0. The smallest absolute Gasteiger partial charge is 0.0546 e. The minimum absolute atomic E-state index is 1.10. The molecule has 57 heavy (non-hydrogen) atoms. The van der Waals surface area contributed by atoms with Gasteiger partial charge in [0.15, 0.2) is 0 Å². The second-order valence-corrected chi connectivity index (χ2v) is 14.9. The van der Waals surface area contributed by atoms with Crippen LogP contribution in [0.1, 0.15) is 0 Å². The summed E-state index contributed by atoms with van der Waals surface area (Å²) in [6.07, 6.45) is 0. The van der Waals surface area contributed by atoms with Gasteiger partial charge in [0, 0.05) is 16.8 Å². The molecule has 11 rings (SSSR count). The fourth-order valence-corrected chi connectivity index (χ4v) is 8.79. The van der Waals surface area contributed by atoms with E-state index in [1.54, 1.807) is 0 Å². The molecule has 0 heterocycles. The summed E-state index contributed by atoms with van der Waals surface area (Å²) >= 11 is 0. The summed E-state index contributed by atoms with van der Waals surface area (Å²) in [4.78, 5) is 2.46. The van der Waals surface area contributed by atoms with E-state index in [1.165, 1.54) is 87.2 Å². The first-order valence-corrected chi connectivity index (χ1v) is 19.7. The van der Waals surface area contributed by atoms with Crippen LogP contribution in [-0.4, -0.2) is 0 Å². The third-order valence-corrected chi connectivity index (χ3v) is 11.6. The standard InChI is InChI=1S/C56H37N/c1-3-13-38(14-4-1)46-33-47(39-15-5-2-6-16-39)35-49(34-46)57(55-37-45-18-8-9-19-50(45)52-21-11-12-22-53(52)55)48-31-29-40(30-32-48)44-28-25-42-24-27-43-26-23-41-17-7-10-20-51(41)56(43)54(42)36-44/h1-37H. The molecule has 0 unspecified atom stereocenters. The van der Waals surface area contributed by atoms with Crippen molar-refractivity contribution >= 4 is 70.9 Å². The van der Waals surface area contributed by atoms with Crippen LogP contribution >= 0.6 is 0 Å². The average Bonchev–Trinajstić information content (AvgIpc) is 3.29. The van der Waals surface area contributed by atoms with Crippen molar-refractivity contribution in [1.29, 1.82) is 0 Å². The second kappa shape index (κ2) is 13.7. The van der Waals surface area contributed by atoms with Crippen molar-refractivity contribution in [3.05, 3.63) is 224 Å². The first-order chi connectivity index (χ1) is 28.2. The molecule has 0 saturated heterocycles. The van der Waals surface area contributed by atoms with Crippen LogP contribution in [-0.2, 0) is 0 Å². The van der Waals surface area contributed by atoms with Crippen molar-refractivity contribution in [1.82, 2.24) is 0 Å². The van der Waals surface area contributed by atoms with Gasteiger partial charge < -0.3 is 4.90 Å². The average molecular weight is 724 g/mol. The summed E-state index contributed by atoms with van der Waals surface area (Å²) in [6.45, 7) is 0. The lowest BCUT2D eigenvalue weighted by Gasteiger charge is -2.29. The predicted octanol–water partition coefficient (Wildman–Crippen LogP) is 15.9. The Morgan fingerprint density at radius 3 is 1.40 bits per heavy atom. The monoisotopic (exact) mass is 723 g/mol. The highest BCUT2D eigenvalue weighted by molar-refractivity contribution is 6.21. The van der Waals surface area contributed by atoms with Gasteiger partial charge in [-0.15, -0.1) is 0 Å². The normalized spacial score (nSPS) is 11.5. The Hall–Kier alpha value is -7.48. The summed E-state index contributed by atoms with van der Waals surface area (Å²) in [6, 6.07) is 82.2. The fraction of sp³-hybridized carbons (Fsp3) is 0. The first kappa shape index (κ1) is 32.9. The zero-order valence-electron chi connectivity index (χ0n) is 31.3. The summed E-state index contributed by atoms with van der Waals surface area (Å²) in [5, 5.41) is 12.6. The summed E-state index contributed by atoms with van der Waals surface area (Å²) in [7, 11) is 0. The summed E-state index contributed by atoms with van der Waals surface area (Å²) in [5.41, 5.74) is 10.5. The molecule has 0 aliphatic carbocycles. The van der Waals surface area contributed by atoms with Gasteiger partial charge in [-0.3, -0.25) is 0 Å². The van der Waals surface area contributed by atoms with Crippen LogP contribution in [0.25, 0.3) is 87.2 Å². The maximum atomic E-state index is 2.46. The van der Waals surface area contributed by atoms with Crippen LogP contribution in [0.2, 0.25) is 0 Å². The molecule has 0 bridgehead atoms. The van der Waals surface area contributed by atoms with Crippen LogP contribution in [0.5, 0.6) is 0 Å². The molecule has 0 saturated carbocycles. The highest BCUT2D eigenvalue weighted by Gasteiger charge is 2.20. The quantitative estimate of drug-likeness (QED) is 0.154. The third kappa shape index (κ3) is 5.80. The molecule has 0 aliphatic heterocycles. The first-order valence-electron chi connectivity index (χ1n) is 19.7. The Bertz CT molecular complexity index is 3210. The van der Waals surface area contributed by atoms with Gasteiger partial charge in [-0.05, 0) is 124 Å². The van der Waals surface area contributed by atoms with Crippen molar-refractivity contribution in [3.63, 3.8) is 0 Å². The number of fused-ring (bicyclic) bond motifs is 8. The molecule has 0 N–H and O–H groups in total. The number of nitrogens with zero attached hydrogens (tertiary/aromatic N) is 1. The molecule has 0 aliphatic rings. The Kier molecular flexibility index (Phi) is 7.89. The minimum atomic E-state index is 1.10. The topological polar surface area (TPSA) is 3.24 Å². The van der Waals surface area contributed by atoms with E-state index in [1.807, 2.05) is 0 Å². The van der Waals surface area contributed by atoms with Crippen LogP contribution < -0.4 is 4.90 Å². The predicted molar refractivity (Wildman–Crippen MR) is 245 cm³/mol. The highest BCUT2D eigenvalue weighted by Crippen LogP contribution is 2.45. The lowest BCUT2D eigenvalue weighted by Crippen LogP contribution is -2.11. The molecule has 0 spiro atoms. The molecule has 0 atom stereocenters. The van der Waals surface area contributed by atoms with E-state index in [0.29, 0.717) is 0 Å². The third-order valence-electron chi connectivity index (χ3n) is 11.6. The van der Waals surface area contributed by atoms with Crippen molar-refractivity contribution in [3.8, 4) is 33.4 Å². The van der Waals surface area contributed by atoms with E-state index >= 15 is 0 Å². The van der Waals surface area contributed by atoms with Crippen LogP contribution in [0, 0.1) is 0 Å². The van der Waals surface area contributed by atoms with Crippen LogP contribution in [0.15, 0.2) is 224 Å². The maximum absolute atomic E-state index is 2.46.